The Hall–Kier alpha value is -3.25. The first-order chi connectivity index (χ1) is 17.2. The second-order valence-electron chi connectivity index (χ2n) is 8.56. The standard InChI is InChI=1S/C24H27N5O5S2/c1-4-5-9-28-23(33)17(36-24(28)35)11-15-20(26-18-7-6-14(2)13-29(18)22(15)32)27-10-8-25-21(31)16(27)12-19(30)34-3/h6-7,11,13,16H,4-5,8-10,12H2,1-3H3,(H,25,31)/b17-11-/t16-/m0/s1. The highest BCUT2D eigenvalue weighted by atomic mass is 32.2. The number of ether oxygens (including phenoxy) is 1. The smallest absolute Gasteiger partial charge is 0.308 e. The Kier molecular flexibility index (Phi) is 7.74. The van der Waals surface area contributed by atoms with Crippen LogP contribution in [0.1, 0.15) is 37.3 Å². The molecular formula is C24H27N5O5S2. The van der Waals surface area contributed by atoms with Crippen LogP contribution in [0.5, 0.6) is 0 Å². The fraction of sp³-hybridized carbons (Fsp3) is 0.417. The molecule has 190 valence electrons. The summed E-state index contributed by atoms with van der Waals surface area (Å²) in [5.74, 6) is -0.963. The van der Waals surface area contributed by atoms with E-state index in [2.05, 4.69) is 5.32 Å². The number of nitrogens with one attached hydrogen (secondary N) is 1. The van der Waals surface area contributed by atoms with Gasteiger partial charge in [-0.15, -0.1) is 0 Å². The van der Waals surface area contributed by atoms with Gasteiger partial charge < -0.3 is 15.0 Å². The summed E-state index contributed by atoms with van der Waals surface area (Å²) in [5.41, 5.74) is 1.01. The van der Waals surface area contributed by atoms with E-state index in [1.54, 1.807) is 22.1 Å². The average molecular weight is 530 g/mol. The van der Waals surface area contributed by atoms with Crippen molar-refractivity contribution in [2.75, 3.05) is 31.6 Å². The van der Waals surface area contributed by atoms with Gasteiger partial charge in [0, 0.05) is 25.8 Å². The molecule has 2 fully saturated rings. The third-order valence-corrected chi connectivity index (χ3v) is 7.44. The highest BCUT2D eigenvalue weighted by molar-refractivity contribution is 8.26. The van der Waals surface area contributed by atoms with E-state index in [9.17, 15) is 19.2 Å². The van der Waals surface area contributed by atoms with E-state index in [1.165, 1.54) is 17.6 Å². The van der Waals surface area contributed by atoms with Crippen molar-refractivity contribution >= 4 is 63.6 Å². The first-order valence-electron chi connectivity index (χ1n) is 11.6. The first-order valence-corrected chi connectivity index (χ1v) is 12.9. The maximum atomic E-state index is 13.7. The van der Waals surface area contributed by atoms with Crippen LogP contribution in [0, 0.1) is 6.92 Å². The number of nitrogens with zero attached hydrogens (tertiary/aromatic N) is 4. The number of methoxy groups -OCH3 is 1. The van der Waals surface area contributed by atoms with Crippen LogP contribution in [0.3, 0.4) is 0 Å². The zero-order chi connectivity index (χ0) is 26.0. The zero-order valence-electron chi connectivity index (χ0n) is 20.3. The molecule has 4 rings (SSSR count). The van der Waals surface area contributed by atoms with Crippen LogP contribution in [0.25, 0.3) is 11.7 Å². The van der Waals surface area contributed by atoms with E-state index < -0.39 is 12.0 Å². The van der Waals surface area contributed by atoms with Crippen LogP contribution in [0.4, 0.5) is 5.82 Å². The predicted molar refractivity (Wildman–Crippen MR) is 142 cm³/mol. The van der Waals surface area contributed by atoms with Crippen LogP contribution in [-0.4, -0.2) is 69.2 Å². The van der Waals surface area contributed by atoms with Gasteiger partial charge in [0.1, 0.15) is 21.8 Å². The summed E-state index contributed by atoms with van der Waals surface area (Å²) in [4.78, 5) is 59.9. The maximum absolute atomic E-state index is 13.7. The van der Waals surface area contributed by atoms with Crippen molar-refractivity contribution in [3.8, 4) is 0 Å². The monoisotopic (exact) mass is 529 g/mol. The van der Waals surface area contributed by atoms with Crippen LogP contribution in [0.2, 0.25) is 0 Å². The van der Waals surface area contributed by atoms with Crippen molar-refractivity contribution in [1.29, 1.82) is 0 Å². The van der Waals surface area contributed by atoms with Crippen LogP contribution in [0.15, 0.2) is 28.0 Å². The highest BCUT2D eigenvalue weighted by Gasteiger charge is 2.36. The molecule has 0 aromatic carbocycles. The van der Waals surface area contributed by atoms with Crippen molar-refractivity contribution < 1.29 is 19.1 Å². The van der Waals surface area contributed by atoms with Crippen molar-refractivity contribution in [2.45, 2.75) is 39.2 Å². The van der Waals surface area contributed by atoms with E-state index in [0.717, 1.165) is 30.2 Å². The van der Waals surface area contributed by atoms with Crippen molar-refractivity contribution in [3.63, 3.8) is 0 Å². The number of carbonyl (C=O) groups is 3. The summed E-state index contributed by atoms with van der Waals surface area (Å²) >= 11 is 6.55. The fourth-order valence-corrected chi connectivity index (χ4v) is 5.44. The maximum Gasteiger partial charge on any atom is 0.308 e. The van der Waals surface area contributed by atoms with Crippen LogP contribution in [-0.2, 0) is 19.1 Å². The van der Waals surface area contributed by atoms with Gasteiger partial charge in [0.2, 0.25) is 5.91 Å². The number of unbranched alkanes of at least 4 members (excludes halogenated alkanes) is 1. The molecule has 0 unspecified atom stereocenters. The van der Waals surface area contributed by atoms with Gasteiger partial charge in [-0.05, 0) is 31.1 Å². The Labute approximate surface area is 217 Å². The number of hydrogen-bond donors (Lipinski definition) is 1. The molecule has 12 heteroatoms. The molecule has 2 aromatic heterocycles. The number of piperazine rings is 1. The van der Waals surface area contributed by atoms with Gasteiger partial charge in [-0.2, -0.15) is 0 Å². The molecule has 1 N–H and O–H groups in total. The highest BCUT2D eigenvalue weighted by Crippen LogP contribution is 2.34. The van der Waals surface area contributed by atoms with Crippen LogP contribution >= 0.6 is 24.0 Å². The molecule has 0 radical (unpaired) electrons. The fourth-order valence-electron chi connectivity index (χ4n) is 4.14. The number of esters is 1. The Balaban J connectivity index is 1.88. The summed E-state index contributed by atoms with van der Waals surface area (Å²) in [6.07, 6.45) is 4.69. The number of aromatic nitrogens is 2. The lowest BCUT2D eigenvalue weighted by Gasteiger charge is -2.36. The molecular weight excluding hydrogens is 502 g/mol. The van der Waals surface area contributed by atoms with Gasteiger partial charge in [0.05, 0.1) is 24.0 Å². The van der Waals surface area contributed by atoms with Gasteiger partial charge in [-0.3, -0.25) is 28.5 Å². The normalized spacial score (nSPS) is 19.4. The predicted octanol–water partition coefficient (Wildman–Crippen LogP) is 1.87. The first kappa shape index (κ1) is 25.8. The lowest BCUT2D eigenvalue weighted by molar-refractivity contribution is -0.143. The number of thioether (sulfide) groups is 1. The number of pyridine rings is 1. The number of aryl methyl sites for hydroxylation is 1. The molecule has 10 nitrogen and oxygen atoms in total. The van der Waals surface area contributed by atoms with E-state index >= 15 is 0 Å². The van der Waals surface area contributed by atoms with Gasteiger partial charge >= 0.3 is 5.97 Å². The van der Waals surface area contributed by atoms with Crippen molar-refractivity contribution in [1.82, 2.24) is 19.6 Å². The minimum Gasteiger partial charge on any atom is -0.469 e. The SMILES string of the molecule is CCCCN1C(=O)/C(=C/c2c(N3CCNC(=O)[C@@H]3CC(=O)OC)nc3ccc(C)cn3c2=O)SC1=S. The van der Waals surface area contributed by atoms with Gasteiger partial charge in [0.25, 0.3) is 11.5 Å². The Morgan fingerprint density at radius 3 is 2.83 bits per heavy atom. The molecule has 1 atom stereocenters. The molecule has 36 heavy (non-hydrogen) atoms. The van der Waals surface area contributed by atoms with Crippen molar-refractivity contribution in [2.24, 2.45) is 0 Å². The van der Waals surface area contributed by atoms with E-state index in [4.69, 9.17) is 21.9 Å². The van der Waals surface area contributed by atoms with Crippen LogP contribution < -0.4 is 15.8 Å². The molecule has 2 saturated heterocycles. The molecule has 2 aliphatic rings. The minimum absolute atomic E-state index is 0.152. The summed E-state index contributed by atoms with van der Waals surface area (Å²) in [5, 5.41) is 2.75. The summed E-state index contributed by atoms with van der Waals surface area (Å²) in [6, 6.07) is 2.63. The number of carbonyl (C=O) groups excluding carboxylic acids is 3. The molecule has 0 bridgehead atoms. The molecule has 2 aliphatic heterocycles. The van der Waals surface area contributed by atoms with E-state index in [-0.39, 0.29) is 35.2 Å². The molecule has 4 heterocycles. The lowest BCUT2D eigenvalue weighted by Crippen LogP contribution is -2.57. The molecule has 2 amide bonds. The number of thiocarbonyl (C=S) groups is 1. The summed E-state index contributed by atoms with van der Waals surface area (Å²) in [6.45, 7) is 5.03. The van der Waals surface area contributed by atoms with E-state index in [0.29, 0.717) is 34.5 Å². The zero-order valence-corrected chi connectivity index (χ0v) is 21.9. The second-order valence-corrected chi connectivity index (χ2v) is 10.2. The largest absolute Gasteiger partial charge is 0.469 e. The second kappa shape index (κ2) is 10.8. The van der Waals surface area contributed by atoms with Crippen molar-refractivity contribution in [3.05, 3.63) is 44.7 Å². The number of anilines is 1. The summed E-state index contributed by atoms with van der Waals surface area (Å²) < 4.78 is 6.64. The number of rotatable bonds is 7. The topological polar surface area (TPSA) is 113 Å². The Morgan fingerprint density at radius 2 is 2.11 bits per heavy atom. The third-order valence-electron chi connectivity index (χ3n) is 6.06. The lowest BCUT2D eigenvalue weighted by atomic mass is 10.1. The minimum atomic E-state index is -0.919. The third kappa shape index (κ3) is 5.00. The number of hydrogen-bond acceptors (Lipinski definition) is 9. The molecule has 0 saturated carbocycles. The van der Waals surface area contributed by atoms with Gasteiger partial charge in [0.15, 0.2) is 0 Å². The number of fused-ring (bicyclic) bond motifs is 1. The Morgan fingerprint density at radius 1 is 1.33 bits per heavy atom. The van der Waals surface area contributed by atoms with E-state index in [1.807, 2.05) is 19.9 Å². The molecule has 0 spiro atoms. The quantitative estimate of drug-likeness (QED) is 0.326. The molecule has 0 aliphatic carbocycles. The van der Waals surface area contributed by atoms with Gasteiger partial charge in [-0.25, -0.2) is 4.98 Å². The number of amides is 2. The average Bonchev–Trinajstić information content (AvgIpc) is 3.12. The van der Waals surface area contributed by atoms with Gasteiger partial charge in [-0.1, -0.05) is 43.4 Å². The molecule has 2 aromatic rings. The Bertz CT molecular complexity index is 1340. The summed E-state index contributed by atoms with van der Waals surface area (Å²) in [7, 11) is 1.25.